The molecule has 1 saturated carbocycles. The molecule has 1 aromatic rings. The van der Waals surface area contributed by atoms with E-state index in [2.05, 4.69) is 11.4 Å². The van der Waals surface area contributed by atoms with Crippen LogP contribution >= 0.6 is 11.3 Å². The SMILES string of the molecule is N#Cc1c(NC(=O)CN2C(=O)CC3(CCCCC3)C2=O)sc2c1CCCCC2. The van der Waals surface area contributed by atoms with Crippen LogP contribution in [0, 0.1) is 16.7 Å². The second-order valence-corrected chi connectivity index (χ2v) is 9.34. The first-order valence-corrected chi connectivity index (χ1v) is 11.0. The van der Waals surface area contributed by atoms with Crippen LogP contribution in [0.4, 0.5) is 5.00 Å². The molecular formula is C21H25N3O3S. The number of nitrogens with zero attached hydrogens (tertiary/aromatic N) is 2. The van der Waals surface area contributed by atoms with Gasteiger partial charge < -0.3 is 5.32 Å². The number of aryl methyl sites for hydroxylation is 1. The van der Waals surface area contributed by atoms with Crippen LogP contribution in [-0.2, 0) is 27.2 Å². The number of thiophene rings is 1. The Hall–Kier alpha value is -2.20. The second-order valence-electron chi connectivity index (χ2n) is 8.23. The highest BCUT2D eigenvalue weighted by Crippen LogP contribution is 2.45. The molecule has 2 aliphatic carbocycles. The number of imide groups is 1. The fourth-order valence-corrected chi connectivity index (χ4v) is 6.15. The van der Waals surface area contributed by atoms with Crippen molar-refractivity contribution in [3.05, 3.63) is 16.0 Å². The molecule has 2 fully saturated rings. The fraction of sp³-hybridized carbons (Fsp3) is 0.619. The third-order valence-electron chi connectivity index (χ3n) is 6.39. The molecule has 0 unspecified atom stereocenters. The van der Waals surface area contributed by atoms with Crippen molar-refractivity contribution in [1.29, 1.82) is 5.26 Å². The highest BCUT2D eigenvalue weighted by molar-refractivity contribution is 7.16. The zero-order valence-corrected chi connectivity index (χ0v) is 16.8. The minimum absolute atomic E-state index is 0.185. The summed E-state index contributed by atoms with van der Waals surface area (Å²) < 4.78 is 0. The number of carbonyl (C=O) groups is 3. The van der Waals surface area contributed by atoms with Crippen molar-refractivity contribution in [3.8, 4) is 6.07 Å². The smallest absolute Gasteiger partial charge is 0.245 e. The van der Waals surface area contributed by atoms with Gasteiger partial charge >= 0.3 is 0 Å². The predicted octanol–water partition coefficient (Wildman–Crippen LogP) is 3.54. The van der Waals surface area contributed by atoms with Crippen LogP contribution in [0.15, 0.2) is 0 Å². The van der Waals surface area contributed by atoms with Gasteiger partial charge in [0.15, 0.2) is 0 Å². The lowest BCUT2D eigenvalue weighted by Gasteiger charge is -2.30. The van der Waals surface area contributed by atoms with Crippen molar-refractivity contribution < 1.29 is 14.4 Å². The maximum Gasteiger partial charge on any atom is 0.245 e. The lowest BCUT2D eigenvalue weighted by Crippen LogP contribution is -2.41. The Bertz CT molecular complexity index is 861. The van der Waals surface area contributed by atoms with Gasteiger partial charge in [-0.3, -0.25) is 19.3 Å². The number of amides is 3. The summed E-state index contributed by atoms with van der Waals surface area (Å²) in [7, 11) is 0. The fourth-order valence-electron chi connectivity index (χ4n) is 4.90. The number of fused-ring (bicyclic) bond motifs is 1. The number of likely N-dealkylation sites (tertiary alicyclic amines) is 1. The maximum absolute atomic E-state index is 12.9. The van der Waals surface area contributed by atoms with E-state index in [0.29, 0.717) is 10.6 Å². The third-order valence-corrected chi connectivity index (χ3v) is 7.60. The standard InChI is InChI=1S/C21H25N3O3S/c22-12-15-14-7-3-1-4-8-16(14)28-19(15)23-17(25)13-24-18(26)11-21(20(24)27)9-5-2-6-10-21/h1-11,13H2,(H,23,25). The van der Waals surface area contributed by atoms with Gasteiger partial charge in [0.2, 0.25) is 17.7 Å². The van der Waals surface area contributed by atoms with E-state index in [0.717, 1.165) is 74.7 Å². The van der Waals surface area contributed by atoms with E-state index in [1.807, 2.05) is 0 Å². The van der Waals surface area contributed by atoms with Gasteiger partial charge in [0, 0.05) is 11.3 Å². The molecular weight excluding hydrogens is 374 g/mol. The van der Waals surface area contributed by atoms with E-state index in [4.69, 9.17) is 0 Å². The molecule has 0 radical (unpaired) electrons. The van der Waals surface area contributed by atoms with Gasteiger partial charge in [0.25, 0.3) is 0 Å². The first-order valence-electron chi connectivity index (χ1n) is 10.2. The largest absolute Gasteiger partial charge is 0.315 e. The molecule has 0 bridgehead atoms. The molecule has 1 aromatic heterocycles. The third kappa shape index (κ3) is 3.35. The number of rotatable bonds is 3. The van der Waals surface area contributed by atoms with Crippen molar-refractivity contribution in [3.63, 3.8) is 0 Å². The molecule has 6 nitrogen and oxygen atoms in total. The van der Waals surface area contributed by atoms with Crippen LogP contribution < -0.4 is 5.32 Å². The molecule has 7 heteroatoms. The summed E-state index contributed by atoms with van der Waals surface area (Å²) in [5.41, 5.74) is 1.04. The molecule has 4 rings (SSSR count). The van der Waals surface area contributed by atoms with Gasteiger partial charge in [-0.2, -0.15) is 5.26 Å². The van der Waals surface area contributed by atoms with E-state index >= 15 is 0 Å². The summed E-state index contributed by atoms with van der Waals surface area (Å²) in [6, 6.07) is 2.24. The molecule has 28 heavy (non-hydrogen) atoms. The van der Waals surface area contributed by atoms with Crippen LogP contribution in [0.1, 0.15) is 73.8 Å². The number of hydrogen-bond acceptors (Lipinski definition) is 5. The van der Waals surface area contributed by atoms with Crippen molar-refractivity contribution in [2.45, 2.75) is 70.6 Å². The minimum Gasteiger partial charge on any atom is -0.315 e. The number of hydrogen-bond donors (Lipinski definition) is 1. The van der Waals surface area contributed by atoms with E-state index in [9.17, 15) is 19.6 Å². The topological polar surface area (TPSA) is 90.3 Å². The monoisotopic (exact) mass is 399 g/mol. The summed E-state index contributed by atoms with van der Waals surface area (Å²) in [5, 5.41) is 13.0. The molecule has 148 valence electrons. The van der Waals surface area contributed by atoms with Crippen LogP contribution in [0.3, 0.4) is 0 Å². The van der Waals surface area contributed by atoms with Crippen LogP contribution in [0.25, 0.3) is 0 Å². The van der Waals surface area contributed by atoms with Crippen LogP contribution in [0.5, 0.6) is 0 Å². The Balaban J connectivity index is 1.47. The van der Waals surface area contributed by atoms with Gasteiger partial charge in [-0.15, -0.1) is 11.3 Å². The zero-order valence-electron chi connectivity index (χ0n) is 16.0. The Kier molecular flexibility index (Phi) is 5.24. The van der Waals surface area contributed by atoms with Crippen molar-refractivity contribution >= 4 is 34.1 Å². The highest BCUT2D eigenvalue weighted by Gasteiger charge is 2.51. The van der Waals surface area contributed by atoms with Crippen molar-refractivity contribution in [2.75, 3.05) is 11.9 Å². The number of nitrogens with one attached hydrogen (secondary N) is 1. The molecule has 0 atom stereocenters. The van der Waals surface area contributed by atoms with Crippen LogP contribution in [0.2, 0.25) is 0 Å². The highest BCUT2D eigenvalue weighted by atomic mass is 32.1. The summed E-state index contributed by atoms with van der Waals surface area (Å²) in [5.74, 6) is -0.832. The van der Waals surface area contributed by atoms with E-state index < -0.39 is 11.3 Å². The average molecular weight is 400 g/mol. The Morgan fingerprint density at radius 2 is 1.82 bits per heavy atom. The quantitative estimate of drug-likeness (QED) is 0.622. The van der Waals surface area contributed by atoms with E-state index in [1.165, 1.54) is 16.2 Å². The number of carbonyl (C=O) groups excluding carboxylic acids is 3. The van der Waals surface area contributed by atoms with Gasteiger partial charge in [-0.25, -0.2) is 0 Å². The molecule has 1 N–H and O–H groups in total. The first kappa shape index (κ1) is 19.1. The van der Waals surface area contributed by atoms with Crippen molar-refractivity contribution in [1.82, 2.24) is 4.90 Å². The van der Waals surface area contributed by atoms with E-state index in [1.54, 1.807) is 0 Å². The molecule has 1 aliphatic heterocycles. The molecule has 3 amide bonds. The first-order chi connectivity index (χ1) is 13.5. The molecule has 1 saturated heterocycles. The lowest BCUT2D eigenvalue weighted by atomic mass is 9.73. The summed E-state index contributed by atoms with van der Waals surface area (Å²) in [4.78, 5) is 40.2. The maximum atomic E-state index is 12.9. The Morgan fingerprint density at radius 1 is 1.11 bits per heavy atom. The molecule has 3 aliphatic rings. The van der Waals surface area contributed by atoms with Crippen molar-refractivity contribution in [2.24, 2.45) is 5.41 Å². The number of anilines is 1. The average Bonchev–Trinajstić information content (AvgIpc) is 2.98. The predicted molar refractivity (Wildman–Crippen MR) is 106 cm³/mol. The van der Waals surface area contributed by atoms with Crippen LogP contribution in [-0.4, -0.2) is 29.2 Å². The summed E-state index contributed by atoms with van der Waals surface area (Å²) >= 11 is 1.47. The Labute approximate surface area is 168 Å². The molecule has 2 heterocycles. The minimum atomic E-state index is -0.576. The summed E-state index contributed by atoms with van der Waals surface area (Å²) in [6.07, 6.45) is 9.88. The molecule has 0 aromatic carbocycles. The van der Waals surface area contributed by atoms with E-state index in [-0.39, 0.29) is 24.8 Å². The van der Waals surface area contributed by atoms with Gasteiger partial charge in [0.1, 0.15) is 17.6 Å². The lowest BCUT2D eigenvalue weighted by molar-refractivity contribution is -0.144. The van der Waals surface area contributed by atoms with Gasteiger partial charge in [-0.1, -0.05) is 25.7 Å². The summed E-state index contributed by atoms with van der Waals surface area (Å²) in [6.45, 7) is -0.257. The Morgan fingerprint density at radius 3 is 2.57 bits per heavy atom. The van der Waals surface area contributed by atoms with Gasteiger partial charge in [-0.05, 0) is 44.1 Å². The second kappa shape index (κ2) is 7.67. The molecule has 1 spiro atoms. The normalized spacial score (nSPS) is 21.3. The number of nitriles is 1. The zero-order chi connectivity index (χ0) is 19.7. The van der Waals surface area contributed by atoms with Gasteiger partial charge in [0.05, 0.1) is 11.0 Å².